The first kappa shape index (κ1) is 23.1. The molecule has 2 N–H and O–H groups in total. The zero-order valence-electron chi connectivity index (χ0n) is 17.9. The van der Waals surface area contributed by atoms with E-state index in [1.807, 2.05) is 0 Å². The summed E-state index contributed by atoms with van der Waals surface area (Å²) in [5.41, 5.74) is -0.435. The van der Waals surface area contributed by atoms with Gasteiger partial charge in [0.25, 0.3) is 11.5 Å². The van der Waals surface area contributed by atoms with E-state index < -0.39 is 40.0 Å². The van der Waals surface area contributed by atoms with Gasteiger partial charge in [0.2, 0.25) is 0 Å². The summed E-state index contributed by atoms with van der Waals surface area (Å²) >= 11 is 0.778. The van der Waals surface area contributed by atoms with Gasteiger partial charge in [-0.05, 0) is 35.9 Å². The molecule has 1 aliphatic rings. The van der Waals surface area contributed by atoms with Crippen molar-refractivity contribution in [2.24, 2.45) is 0 Å². The summed E-state index contributed by atoms with van der Waals surface area (Å²) in [6, 6.07) is 10.6. The van der Waals surface area contributed by atoms with Gasteiger partial charge in [-0.1, -0.05) is 23.5 Å². The molecular formula is C24H13F2N3O6S. The minimum atomic E-state index is -1.24. The van der Waals surface area contributed by atoms with Crippen molar-refractivity contribution in [1.29, 1.82) is 0 Å². The molecule has 1 aliphatic heterocycles. The molecule has 5 rings (SSSR count). The molecule has 2 heterocycles. The standard InChI is InChI=1S/C24H13F2N3O6S/c25-13-9-16(26)19-17(10-13)36-24(27-19)28-20(11-3-7-15(30)8-4-11)18(22(32)23(28)33)21(31)12-1-5-14(6-2-12)29(34)35/h1-10,20,30-31H/b21-18+. The lowest BCUT2D eigenvalue weighted by atomic mass is 9.95. The fourth-order valence-electron chi connectivity index (χ4n) is 3.95. The van der Waals surface area contributed by atoms with Crippen molar-refractivity contribution in [1.82, 2.24) is 4.98 Å². The number of fused-ring (bicyclic) bond motifs is 1. The number of phenols is 1. The van der Waals surface area contributed by atoms with Gasteiger partial charge in [-0.25, -0.2) is 13.8 Å². The second-order valence-electron chi connectivity index (χ2n) is 7.80. The number of aliphatic hydroxyl groups is 1. The quantitative estimate of drug-likeness (QED) is 0.133. The fourth-order valence-corrected chi connectivity index (χ4v) is 4.98. The number of carbonyl (C=O) groups is 2. The van der Waals surface area contributed by atoms with Crippen molar-refractivity contribution in [3.05, 3.63) is 99.1 Å². The van der Waals surface area contributed by atoms with Crippen LogP contribution >= 0.6 is 11.3 Å². The van der Waals surface area contributed by atoms with Crippen LogP contribution in [0.15, 0.2) is 66.2 Å². The molecule has 1 saturated heterocycles. The van der Waals surface area contributed by atoms with Crippen LogP contribution in [0, 0.1) is 21.7 Å². The lowest BCUT2D eigenvalue weighted by molar-refractivity contribution is -0.384. The van der Waals surface area contributed by atoms with Crippen LogP contribution in [0.4, 0.5) is 19.6 Å². The summed E-state index contributed by atoms with van der Waals surface area (Å²) in [7, 11) is 0. The van der Waals surface area contributed by atoms with E-state index in [-0.39, 0.29) is 37.9 Å². The number of benzene rings is 3. The van der Waals surface area contributed by atoms with Crippen molar-refractivity contribution in [3.63, 3.8) is 0 Å². The number of non-ortho nitro benzene ring substituents is 1. The van der Waals surface area contributed by atoms with E-state index in [9.17, 15) is 38.7 Å². The lowest BCUT2D eigenvalue weighted by Crippen LogP contribution is -2.29. The number of hydrogen-bond acceptors (Lipinski definition) is 8. The van der Waals surface area contributed by atoms with Crippen molar-refractivity contribution in [2.75, 3.05) is 4.90 Å². The Morgan fingerprint density at radius 3 is 2.36 bits per heavy atom. The predicted octanol–water partition coefficient (Wildman–Crippen LogP) is 4.81. The molecule has 1 atom stereocenters. The number of aliphatic hydroxyl groups excluding tert-OH is 1. The molecule has 3 aromatic carbocycles. The number of halogens is 2. The third kappa shape index (κ3) is 3.73. The monoisotopic (exact) mass is 509 g/mol. The largest absolute Gasteiger partial charge is 0.508 e. The number of nitro benzene ring substituents is 1. The number of nitrogens with zero attached hydrogens (tertiary/aromatic N) is 3. The maximum Gasteiger partial charge on any atom is 0.301 e. The minimum absolute atomic E-state index is 0.0415. The van der Waals surface area contributed by atoms with E-state index in [1.165, 1.54) is 36.4 Å². The van der Waals surface area contributed by atoms with Gasteiger partial charge in [0.1, 0.15) is 22.8 Å². The summed E-state index contributed by atoms with van der Waals surface area (Å²) in [4.78, 5) is 41.7. The number of rotatable bonds is 4. The van der Waals surface area contributed by atoms with Crippen LogP contribution in [-0.4, -0.2) is 31.8 Å². The van der Waals surface area contributed by atoms with Crippen LogP contribution in [0.2, 0.25) is 0 Å². The summed E-state index contributed by atoms with van der Waals surface area (Å²) in [5.74, 6) is -4.63. The highest BCUT2D eigenvalue weighted by Crippen LogP contribution is 2.45. The number of amides is 1. The van der Waals surface area contributed by atoms with E-state index in [2.05, 4.69) is 4.98 Å². The molecule has 1 amide bonds. The number of thiazole rings is 1. The van der Waals surface area contributed by atoms with Gasteiger partial charge in [0.05, 0.1) is 21.2 Å². The van der Waals surface area contributed by atoms with Crippen LogP contribution < -0.4 is 4.90 Å². The van der Waals surface area contributed by atoms with Gasteiger partial charge in [-0.3, -0.25) is 24.6 Å². The first-order chi connectivity index (χ1) is 17.2. The average molecular weight is 509 g/mol. The van der Waals surface area contributed by atoms with Crippen LogP contribution in [0.25, 0.3) is 16.0 Å². The molecule has 180 valence electrons. The minimum Gasteiger partial charge on any atom is -0.508 e. The van der Waals surface area contributed by atoms with Crippen LogP contribution in [-0.2, 0) is 9.59 Å². The number of aromatic nitrogens is 1. The average Bonchev–Trinajstić information content (AvgIpc) is 3.38. The Balaban J connectivity index is 1.71. The molecule has 1 aromatic heterocycles. The fraction of sp³-hybridized carbons (Fsp3) is 0.0417. The number of nitro groups is 1. The Hall–Kier alpha value is -4.71. The lowest BCUT2D eigenvalue weighted by Gasteiger charge is -2.23. The van der Waals surface area contributed by atoms with Gasteiger partial charge >= 0.3 is 5.91 Å². The van der Waals surface area contributed by atoms with E-state index in [0.29, 0.717) is 11.6 Å². The molecule has 0 aliphatic carbocycles. The molecule has 9 nitrogen and oxygen atoms in total. The van der Waals surface area contributed by atoms with Crippen molar-refractivity contribution in [2.45, 2.75) is 6.04 Å². The third-order valence-electron chi connectivity index (χ3n) is 5.61. The molecule has 12 heteroatoms. The first-order valence-corrected chi connectivity index (χ1v) is 11.1. The molecule has 1 unspecified atom stereocenters. The van der Waals surface area contributed by atoms with Gasteiger partial charge in [0.15, 0.2) is 10.9 Å². The molecule has 0 spiro atoms. The highest BCUT2D eigenvalue weighted by atomic mass is 32.1. The summed E-state index contributed by atoms with van der Waals surface area (Å²) in [6.07, 6.45) is 0. The molecular weight excluding hydrogens is 496 g/mol. The number of anilines is 1. The van der Waals surface area contributed by atoms with E-state index >= 15 is 0 Å². The predicted molar refractivity (Wildman–Crippen MR) is 126 cm³/mol. The maximum absolute atomic E-state index is 14.3. The Morgan fingerprint density at radius 1 is 1.06 bits per heavy atom. The Kier molecular flexibility index (Phi) is 5.44. The number of aromatic hydroxyl groups is 1. The Morgan fingerprint density at radius 2 is 1.72 bits per heavy atom. The SMILES string of the molecule is O=C1C(=O)N(c2nc3c(F)cc(F)cc3s2)C(c2ccc(O)cc2)/C1=C(\O)c1ccc([N+](=O)[O-])cc1. The van der Waals surface area contributed by atoms with Crippen LogP contribution in [0.5, 0.6) is 5.75 Å². The molecule has 1 fully saturated rings. The van der Waals surface area contributed by atoms with Crippen molar-refractivity contribution in [3.8, 4) is 5.75 Å². The van der Waals surface area contributed by atoms with Crippen LogP contribution in [0.1, 0.15) is 17.2 Å². The van der Waals surface area contributed by atoms with Crippen molar-refractivity contribution < 1.29 is 33.5 Å². The molecule has 0 radical (unpaired) electrons. The van der Waals surface area contributed by atoms with Gasteiger partial charge in [-0.2, -0.15) is 0 Å². The number of hydrogen-bond donors (Lipinski definition) is 2. The smallest absolute Gasteiger partial charge is 0.301 e. The number of ketones is 1. The van der Waals surface area contributed by atoms with Gasteiger partial charge in [0, 0.05) is 23.8 Å². The maximum atomic E-state index is 14.3. The molecule has 36 heavy (non-hydrogen) atoms. The second-order valence-corrected chi connectivity index (χ2v) is 8.80. The summed E-state index contributed by atoms with van der Waals surface area (Å²) in [5, 5.41) is 31.6. The molecule has 4 aromatic rings. The van der Waals surface area contributed by atoms with E-state index in [4.69, 9.17) is 0 Å². The van der Waals surface area contributed by atoms with E-state index in [1.54, 1.807) is 0 Å². The third-order valence-corrected chi connectivity index (χ3v) is 6.61. The number of Topliss-reactive ketones (excluding diaryl/α,β-unsaturated/α-hetero) is 1. The Bertz CT molecular complexity index is 1600. The van der Waals surface area contributed by atoms with E-state index in [0.717, 1.165) is 34.4 Å². The Labute approximate surface area is 204 Å². The topological polar surface area (TPSA) is 134 Å². The normalized spacial score (nSPS) is 17.2. The van der Waals surface area contributed by atoms with Crippen molar-refractivity contribution >= 4 is 49.8 Å². The molecule has 0 saturated carbocycles. The number of carbonyl (C=O) groups excluding carboxylic acids is 2. The zero-order valence-corrected chi connectivity index (χ0v) is 18.7. The summed E-state index contributed by atoms with van der Waals surface area (Å²) in [6.45, 7) is 0. The zero-order chi connectivity index (χ0) is 25.7. The highest BCUT2D eigenvalue weighted by molar-refractivity contribution is 7.22. The summed E-state index contributed by atoms with van der Waals surface area (Å²) < 4.78 is 28.1. The van der Waals surface area contributed by atoms with Crippen LogP contribution in [0.3, 0.4) is 0 Å². The number of phenolic OH excluding ortho intramolecular Hbond substituents is 1. The van der Waals surface area contributed by atoms with Gasteiger partial charge < -0.3 is 10.2 Å². The molecule has 0 bridgehead atoms. The highest BCUT2D eigenvalue weighted by Gasteiger charge is 2.48. The van der Waals surface area contributed by atoms with Gasteiger partial charge in [-0.15, -0.1) is 0 Å². The second kappa shape index (κ2) is 8.50. The first-order valence-electron chi connectivity index (χ1n) is 10.3.